The number of sulfonamides is 1. The lowest BCUT2D eigenvalue weighted by Gasteiger charge is -2.11. The van der Waals surface area contributed by atoms with Crippen molar-refractivity contribution in [1.82, 2.24) is 4.72 Å². The molecule has 0 saturated heterocycles. The van der Waals surface area contributed by atoms with E-state index >= 15 is 0 Å². The van der Waals surface area contributed by atoms with Crippen molar-refractivity contribution < 1.29 is 13.2 Å². The monoisotopic (exact) mass is 278 g/mol. The highest BCUT2D eigenvalue weighted by molar-refractivity contribution is 7.89. The van der Waals surface area contributed by atoms with Crippen molar-refractivity contribution in [1.29, 1.82) is 0 Å². The predicted octanol–water partition coefficient (Wildman–Crippen LogP) is 1.71. The minimum atomic E-state index is -3.53. The summed E-state index contributed by atoms with van der Waals surface area (Å²) in [6, 6.07) is 10.1. The summed E-state index contributed by atoms with van der Waals surface area (Å²) in [7, 11) is -2.17. The lowest BCUT2D eigenvalue weighted by molar-refractivity contribution is -0.114. The average Bonchev–Trinajstić information content (AvgIpc) is 2.38. The minimum Gasteiger partial charge on any atom is -0.326 e. The van der Waals surface area contributed by atoms with Crippen LogP contribution in [-0.2, 0) is 14.8 Å². The molecule has 19 heavy (non-hydrogen) atoms. The fourth-order valence-electron chi connectivity index (χ4n) is 1.91. The lowest BCUT2D eigenvalue weighted by atomic mass is 10.1. The summed E-state index contributed by atoms with van der Waals surface area (Å²) >= 11 is 0. The van der Waals surface area contributed by atoms with Gasteiger partial charge in [-0.3, -0.25) is 4.79 Å². The summed E-state index contributed by atoms with van der Waals surface area (Å²) in [6.07, 6.45) is 0. The maximum Gasteiger partial charge on any atom is 0.240 e. The Labute approximate surface area is 111 Å². The zero-order valence-electron chi connectivity index (χ0n) is 10.6. The molecular weight excluding hydrogens is 264 g/mol. The molecule has 2 aromatic rings. The molecule has 0 saturated carbocycles. The Morgan fingerprint density at radius 1 is 1.05 bits per heavy atom. The van der Waals surface area contributed by atoms with Gasteiger partial charge in [-0.2, -0.15) is 0 Å². The van der Waals surface area contributed by atoms with Crippen LogP contribution in [0.2, 0.25) is 0 Å². The number of hydrogen-bond donors (Lipinski definition) is 2. The van der Waals surface area contributed by atoms with E-state index in [9.17, 15) is 13.2 Å². The summed E-state index contributed by atoms with van der Waals surface area (Å²) < 4.78 is 26.2. The molecule has 0 aliphatic rings. The molecule has 5 nitrogen and oxygen atoms in total. The molecule has 0 atom stereocenters. The number of anilines is 1. The van der Waals surface area contributed by atoms with Gasteiger partial charge in [-0.05, 0) is 19.2 Å². The van der Waals surface area contributed by atoms with Gasteiger partial charge in [-0.25, -0.2) is 13.1 Å². The molecule has 0 radical (unpaired) electrons. The molecule has 0 aliphatic carbocycles. The fourth-order valence-corrected chi connectivity index (χ4v) is 2.85. The minimum absolute atomic E-state index is 0.194. The third-order valence-electron chi connectivity index (χ3n) is 2.75. The van der Waals surface area contributed by atoms with Crippen LogP contribution < -0.4 is 10.0 Å². The summed E-state index contributed by atoms with van der Waals surface area (Å²) in [5, 5.41) is 3.95. The van der Waals surface area contributed by atoms with E-state index in [0.717, 1.165) is 0 Å². The van der Waals surface area contributed by atoms with Gasteiger partial charge in [-0.1, -0.05) is 24.3 Å². The first-order valence-corrected chi connectivity index (χ1v) is 7.17. The van der Waals surface area contributed by atoms with Gasteiger partial charge >= 0.3 is 0 Å². The number of amides is 1. The van der Waals surface area contributed by atoms with E-state index < -0.39 is 10.0 Å². The van der Waals surface area contributed by atoms with E-state index in [0.29, 0.717) is 16.5 Å². The SMILES string of the molecule is CNS(=O)(=O)c1ccc(NC(C)=O)c2ccccc12. The highest BCUT2D eigenvalue weighted by Crippen LogP contribution is 2.29. The van der Waals surface area contributed by atoms with Crippen molar-refractivity contribution in [2.75, 3.05) is 12.4 Å². The smallest absolute Gasteiger partial charge is 0.240 e. The number of carbonyl (C=O) groups is 1. The Kier molecular flexibility index (Phi) is 3.55. The number of rotatable bonds is 3. The molecule has 0 aromatic heterocycles. The van der Waals surface area contributed by atoms with Crippen molar-refractivity contribution in [2.45, 2.75) is 11.8 Å². The standard InChI is InChI=1S/C13H14N2O3S/c1-9(16)15-12-7-8-13(19(17,18)14-2)11-6-4-3-5-10(11)12/h3-8,14H,1-2H3,(H,15,16). The van der Waals surface area contributed by atoms with Crippen LogP contribution in [0, 0.1) is 0 Å². The topological polar surface area (TPSA) is 75.3 Å². The largest absolute Gasteiger partial charge is 0.326 e. The van der Waals surface area contributed by atoms with E-state index in [1.807, 2.05) is 0 Å². The van der Waals surface area contributed by atoms with Gasteiger partial charge in [0.15, 0.2) is 0 Å². The van der Waals surface area contributed by atoms with Gasteiger partial charge < -0.3 is 5.32 Å². The van der Waals surface area contributed by atoms with Gasteiger partial charge in [0.05, 0.1) is 4.90 Å². The third kappa shape index (κ3) is 2.59. The molecule has 2 N–H and O–H groups in total. The molecular formula is C13H14N2O3S. The number of fused-ring (bicyclic) bond motifs is 1. The van der Waals surface area contributed by atoms with Crippen molar-refractivity contribution in [2.24, 2.45) is 0 Å². The second-order valence-corrected chi connectivity index (χ2v) is 5.90. The van der Waals surface area contributed by atoms with Gasteiger partial charge in [0.2, 0.25) is 15.9 Å². The Morgan fingerprint density at radius 2 is 1.68 bits per heavy atom. The summed E-state index contributed by atoms with van der Waals surface area (Å²) in [6.45, 7) is 1.41. The normalized spacial score (nSPS) is 11.5. The molecule has 2 aromatic carbocycles. The first-order valence-electron chi connectivity index (χ1n) is 5.68. The molecule has 0 spiro atoms. The van der Waals surface area contributed by atoms with Crippen molar-refractivity contribution >= 4 is 32.4 Å². The lowest BCUT2D eigenvalue weighted by Crippen LogP contribution is -2.19. The Bertz CT molecular complexity index is 739. The fraction of sp³-hybridized carbons (Fsp3) is 0.154. The molecule has 6 heteroatoms. The molecule has 100 valence electrons. The van der Waals surface area contributed by atoms with E-state index in [2.05, 4.69) is 10.0 Å². The van der Waals surface area contributed by atoms with Gasteiger partial charge in [0, 0.05) is 23.4 Å². The quantitative estimate of drug-likeness (QED) is 0.897. The summed E-state index contributed by atoms with van der Waals surface area (Å²) in [5.41, 5.74) is 0.596. The van der Waals surface area contributed by atoms with E-state index in [1.54, 1.807) is 30.3 Å². The van der Waals surface area contributed by atoms with Crippen LogP contribution in [0.15, 0.2) is 41.3 Å². The van der Waals surface area contributed by atoms with Crippen LogP contribution in [0.1, 0.15) is 6.92 Å². The number of carbonyl (C=O) groups excluding carboxylic acids is 1. The van der Waals surface area contributed by atoms with E-state index in [1.165, 1.54) is 20.0 Å². The molecule has 1 amide bonds. The van der Waals surface area contributed by atoms with Crippen LogP contribution in [0.4, 0.5) is 5.69 Å². The third-order valence-corrected chi connectivity index (χ3v) is 4.23. The highest BCUT2D eigenvalue weighted by Gasteiger charge is 2.16. The average molecular weight is 278 g/mol. The van der Waals surface area contributed by atoms with E-state index in [4.69, 9.17) is 0 Å². The second kappa shape index (κ2) is 4.99. The Morgan fingerprint density at radius 3 is 2.26 bits per heavy atom. The Hall–Kier alpha value is -1.92. The summed E-state index contributed by atoms with van der Waals surface area (Å²) in [4.78, 5) is 11.3. The summed E-state index contributed by atoms with van der Waals surface area (Å²) in [5.74, 6) is -0.200. The zero-order chi connectivity index (χ0) is 14.0. The van der Waals surface area contributed by atoms with E-state index in [-0.39, 0.29) is 10.8 Å². The molecule has 0 aliphatic heterocycles. The Balaban J connectivity index is 2.75. The first-order chi connectivity index (χ1) is 8.95. The molecule has 2 rings (SSSR count). The van der Waals surface area contributed by atoms with Crippen LogP contribution >= 0.6 is 0 Å². The van der Waals surface area contributed by atoms with Crippen molar-refractivity contribution in [3.8, 4) is 0 Å². The molecule has 0 unspecified atom stereocenters. The maximum atomic E-state index is 11.9. The number of benzene rings is 2. The highest BCUT2D eigenvalue weighted by atomic mass is 32.2. The van der Waals surface area contributed by atoms with Gasteiger partial charge in [0.1, 0.15) is 0 Å². The zero-order valence-corrected chi connectivity index (χ0v) is 11.4. The van der Waals surface area contributed by atoms with Crippen LogP contribution in [0.25, 0.3) is 10.8 Å². The van der Waals surface area contributed by atoms with Crippen molar-refractivity contribution in [3.63, 3.8) is 0 Å². The van der Waals surface area contributed by atoms with Crippen LogP contribution in [0.3, 0.4) is 0 Å². The first kappa shape index (κ1) is 13.5. The van der Waals surface area contributed by atoms with Crippen LogP contribution in [0.5, 0.6) is 0 Å². The van der Waals surface area contributed by atoms with Gasteiger partial charge in [-0.15, -0.1) is 0 Å². The predicted molar refractivity (Wildman–Crippen MR) is 74.5 cm³/mol. The van der Waals surface area contributed by atoms with Crippen LogP contribution in [-0.4, -0.2) is 21.4 Å². The second-order valence-electron chi connectivity index (χ2n) is 4.05. The van der Waals surface area contributed by atoms with Crippen molar-refractivity contribution in [3.05, 3.63) is 36.4 Å². The maximum absolute atomic E-state index is 11.9. The molecule has 0 fully saturated rings. The number of hydrogen-bond acceptors (Lipinski definition) is 3. The molecule has 0 heterocycles. The number of nitrogens with one attached hydrogen (secondary N) is 2. The molecule has 0 bridgehead atoms. The van der Waals surface area contributed by atoms with Gasteiger partial charge in [0.25, 0.3) is 0 Å².